The summed E-state index contributed by atoms with van der Waals surface area (Å²) >= 11 is 0. The van der Waals surface area contributed by atoms with Crippen LogP contribution in [0.5, 0.6) is 0 Å². The number of aliphatic hydroxyl groups excluding tert-OH is 1. The molecule has 1 fully saturated rings. The van der Waals surface area contributed by atoms with E-state index in [0.717, 1.165) is 32.8 Å². The van der Waals surface area contributed by atoms with Crippen LogP contribution in [0.15, 0.2) is 30.3 Å². The van der Waals surface area contributed by atoms with E-state index in [2.05, 4.69) is 54.4 Å². The van der Waals surface area contributed by atoms with Crippen molar-refractivity contribution in [1.29, 1.82) is 0 Å². The SMILES string of the molecule is CCNCC(C)(CN1CCOCC1CO)c1ccccc1. The summed E-state index contributed by atoms with van der Waals surface area (Å²) in [4.78, 5) is 2.37. The van der Waals surface area contributed by atoms with Crippen LogP contribution in [0.2, 0.25) is 0 Å². The average Bonchev–Trinajstić information content (AvgIpc) is 2.54. The molecule has 21 heavy (non-hydrogen) atoms. The first kappa shape index (κ1) is 16.4. The van der Waals surface area contributed by atoms with Gasteiger partial charge in [0.25, 0.3) is 0 Å². The fourth-order valence-electron chi connectivity index (χ4n) is 3.00. The van der Waals surface area contributed by atoms with Gasteiger partial charge in [-0.05, 0) is 12.1 Å². The van der Waals surface area contributed by atoms with Crippen molar-refractivity contribution in [1.82, 2.24) is 10.2 Å². The Morgan fingerprint density at radius 1 is 1.38 bits per heavy atom. The van der Waals surface area contributed by atoms with Crippen molar-refractivity contribution >= 4 is 0 Å². The molecule has 4 heteroatoms. The Morgan fingerprint density at radius 3 is 2.81 bits per heavy atom. The topological polar surface area (TPSA) is 44.7 Å². The fraction of sp³-hybridized carbons (Fsp3) is 0.647. The van der Waals surface area contributed by atoms with Crippen LogP contribution in [0.1, 0.15) is 19.4 Å². The lowest BCUT2D eigenvalue weighted by Crippen LogP contribution is -2.54. The van der Waals surface area contributed by atoms with Gasteiger partial charge in [-0.15, -0.1) is 0 Å². The first-order chi connectivity index (χ1) is 10.2. The smallest absolute Gasteiger partial charge is 0.0644 e. The highest BCUT2D eigenvalue weighted by Gasteiger charge is 2.32. The zero-order valence-electron chi connectivity index (χ0n) is 13.2. The summed E-state index contributed by atoms with van der Waals surface area (Å²) in [7, 11) is 0. The lowest BCUT2D eigenvalue weighted by atomic mass is 9.81. The maximum atomic E-state index is 9.57. The summed E-state index contributed by atoms with van der Waals surface area (Å²) in [5.74, 6) is 0. The van der Waals surface area contributed by atoms with Crippen LogP contribution in [-0.4, -0.2) is 62.0 Å². The molecule has 0 radical (unpaired) electrons. The molecule has 0 saturated carbocycles. The predicted molar refractivity (Wildman–Crippen MR) is 85.6 cm³/mol. The van der Waals surface area contributed by atoms with Gasteiger partial charge in [-0.3, -0.25) is 4.90 Å². The van der Waals surface area contributed by atoms with E-state index < -0.39 is 0 Å². The minimum atomic E-state index is 0.0298. The van der Waals surface area contributed by atoms with E-state index in [1.807, 2.05) is 0 Å². The van der Waals surface area contributed by atoms with Crippen molar-refractivity contribution in [3.05, 3.63) is 35.9 Å². The third-order valence-corrected chi connectivity index (χ3v) is 4.35. The molecule has 2 N–H and O–H groups in total. The first-order valence-corrected chi connectivity index (χ1v) is 7.88. The number of rotatable bonds is 7. The van der Waals surface area contributed by atoms with Gasteiger partial charge in [0.15, 0.2) is 0 Å². The monoisotopic (exact) mass is 292 g/mol. The number of hydrogen-bond acceptors (Lipinski definition) is 4. The molecule has 1 aliphatic rings. The summed E-state index contributed by atoms with van der Waals surface area (Å²) < 4.78 is 5.49. The molecule has 1 aromatic carbocycles. The summed E-state index contributed by atoms with van der Waals surface area (Å²) in [6.07, 6.45) is 0. The van der Waals surface area contributed by atoms with Crippen molar-refractivity contribution in [2.24, 2.45) is 0 Å². The molecule has 1 saturated heterocycles. The number of nitrogens with one attached hydrogen (secondary N) is 1. The molecule has 2 rings (SSSR count). The molecule has 2 unspecified atom stereocenters. The van der Waals surface area contributed by atoms with Gasteiger partial charge in [0.05, 0.1) is 25.9 Å². The maximum absolute atomic E-state index is 9.57. The molecular formula is C17H28N2O2. The third-order valence-electron chi connectivity index (χ3n) is 4.35. The number of hydrogen-bond donors (Lipinski definition) is 2. The molecule has 118 valence electrons. The number of nitrogens with zero attached hydrogens (tertiary/aromatic N) is 1. The van der Waals surface area contributed by atoms with Crippen molar-refractivity contribution in [3.8, 4) is 0 Å². The molecule has 0 amide bonds. The van der Waals surface area contributed by atoms with E-state index in [1.165, 1.54) is 5.56 Å². The molecule has 0 aromatic heterocycles. The summed E-state index contributed by atoms with van der Waals surface area (Å²) in [5.41, 5.74) is 1.37. The Hall–Kier alpha value is -0.940. The summed E-state index contributed by atoms with van der Waals surface area (Å²) in [6, 6.07) is 10.8. The fourth-order valence-corrected chi connectivity index (χ4v) is 3.00. The third kappa shape index (κ3) is 4.27. The number of ether oxygens (including phenoxy) is 1. The summed E-state index contributed by atoms with van der Waals surface area (Å²) in [6.45, 7) is 9.69. The predicted octanol–water partition coefficient (Wildman–Crippen LogP) is 1.25. The van der Waals surface area contributed by atoms with E-state index >= 15 is 0 Å². The number of aliphatic hydroxyl groups is 1. The normalized spacial score (nSPS) is 22.9. The maximum Gasteiger partial charge on any atom is 0.0644 e. The second kappa shape index (κ2) is 7.90. The molecule has 2 atom stereocenters. The lowest BCUT2D eigenvalue weighted by Gasteiger charge is -2.41. The molecule has 1 heterocycles. The van der Waals surface area contributed by atoms with Crippen LogP contribution in [0, 0.1) is 0 Å². The quantitative estimate of drug-likeness (QED) is 0.794. The van der Waals surface area contributed by atoms with Crippen molar-refractivity contribution in [2.45, 2.75) is 25.3 Å². The van der Waals surface area contributed by atoms with Gasteiger partial charge in [-0.2, -0.15) is 0 Å². The minimum Gasteiger partial charge on any atom is -0.395 e. The van der Waals surface area contributed by atoms with Crippen molar-refractivity contribution < 1.29 is 9.84 Å². The number of likely N-dealkylation sites (N-methyl/N-ethyl adjacent to an activating group) is 1. The Kier molecular flexibility index (Phi) is 6.18. The van der Waals surface area contributed by atoms with Crippen LogP contribution in [-0.2, 0) is 10.2 Å². The Labute approximate surface area is 128 Å². The van der Waals surface area contributed by atoms with Crippen molar-refractivity contribution in [2.75, 3.05) is 46.0 Å². The highest BCUT2D eigenvalue weighted by atomic mass is 16.5. The second-order valence-electron chi connectivity index (χ2n) is 6.09. The number of morpholine rings is 1. The highest BCUT2D eigenvalue weighted by molar-refractivity contribution is 5.25. The van der Waals surface area contributed by atoms with Gasteiger partial charge < -0.3 is 15.2 Å². The Morgan fingerprint density at radius 2 is 2.14 bits per heavy atom. The molecular weight excluding hydrogens is 264 g/mol. The van der Waals surface area contributed by atoms with Gasteiger partial charge in [-0.25, -0.2) is 0 Å². The molecule has 4 nitrogen and oxygen atoms in total. The highest BCUT2D eigenvalue weighted by Crippen LogP contribution is 2.26. The summed E-state index contributed by atoms with van der Waals surface area (Å²) in [5, 5.41) is 13.1. The van der Waals surface area contributed by atoms with Gasteiger partial charge in [0.2, 0.25) is 0 Å². The molecule has 1 aromatic rings. The van der Waals surface area contributed by atoms with Crippen LogP contribution in [0.4, 0.5) is 0 Å². The minimum absolute atomic E-state index is 0.0298. The van der Waals surface area contributed by atoms with Crippen LogP contribution in [0.25, 0.3) is 0 Å². The van der Waals surface area contributed by atoms with Crippen LogP contribution < -0.4 is 5.32 Å². The largest absolute Gasteiger partial charge is 0.395 e. The van der Waals surface area contributed by atoms with Gasteiger partial charge >= 0.3 is 0 Å². The van der Waals surface area contributed by atoms with E-state index in [0.29, 0.717) is 6.61 Å². The van der Waals surface area contributed by atoms with Gasteiger partial charge in [0.1, 0.15) is 0 Å². The zero-order chi connectivity index (χ0) is 15.1. The average molecular weight is 292 g/mol. The first-order valence-electron chi connectivity index (χ1n) is 7.88. The van der Waals surface area contributed by atoms with E-state index in [-0.39, 0.29) is 18.1 Å². The van der Waals surface area contributed by atoms with Crippen LogP contribution in [0.3, 0.4) is 0 Å². The number of benzene rings is 1. The molecule has 1 aliphatic heterocycles. The zero-order valence-corrected chi connectivity index (χ0v) is 13.2. The Bertz CT molecular complexity index is 413. The van der Waals surface area contributed by atoms with Crippen molar-refractivity contribution in [3.63, 3.8) is 0 Å². The molecule has 0 bridgehead atoms. The van der Waals surface area contributed by atoms with Crippen LogP contribution >= 0.6 is 0 Å². The van der Waals surface area contributed by atoms with E-state index in [4.69, 9.17) is 4.74 Å². The standard InChI is InChI=1S/C17H28N2O2/c1-3-18-13-17(2,15-7-5-4-6-8-15)14-19-9-10-21-12-16(19)11-20/h4-8,16,18,20H,3,9-14H2,1-2H3. The lowest BCUT2D eigenvalue weighted by molar-refractivity contribution is -0.0353. The Balaban J connectivity index is 2.15. The second-order valence-corrected chi connectivity index (χ2v) is 6.09. The molecule has 0 aliphatic carbocycles. The van der Waals surface area contributed by atoms with Gasteiger partial charge in [0, 0.05) is 25.0 Å². The van der Waals surface area contributed by atoms with E-state index in [9.17, 15) is 5.11 Å². The molecule has 0 spiro atoms. The van der Waals surface area contributed by atoms with Gasteiger partial charge in [-0.1, -0.05) is 44.2 Å². The van der Waals surface area contributed by atoms with E-state index in [1.54, 1.807) is 0 Å².